The highest BCUT2D eigenvalue weighted by molar-refractivity contribution is 5.78. The van der Waals surface area contributed by atoms with E-state index in [1.807, 2.05) is 0 Å². The van der Waals surface area contributed by atoms with Crippen LogP contribution in [0.25, 0.3) is 0 Å². The van der Waals surface area contributed by atoms with E-state index in [1.165, 1.54) is 5.56 Å². The van der Waals surface area contributed by atoms with E-state index in [9.17, 15) is 9.90 Å². The van der Waals surface area contributed by atoms with Crippen LogP contribution in [0.15, 0.2) is 24.3 Å². The van der Waals surface area contributed by atoms with Crippen LogP contribution in [-0.4, -0.2) is 47.7 Å². The predicted molar refractivity (Wildman–Crippen MR) is 99.0 cm³/mol. The minimum Gasteiger partial charge on any atom is -0.393 e. The molecule has 0 unspecified atom stereocenters. The van der Waals surface area contributed by atoms with Crippen molar-refractivity contribution in [2.45, 2.75) is 57.8 Å². The van der Waals surface area contributed by atoms with E-state index in [0.717, 1.165) is 57.4 Å². The number of benzene rings is 1. The van der Waals surface area contributed by atoms with Crippen molar-refractivity contribution in [3.8, 4) is 0 Å². The summed E-state index contributed by atoms with van der Waals surface area (Å²) in [6.07, 6.45) is 3.48. The highest BCUT2D eigenvalue weighted by atomic mass is 16.3. The fourth-order valence-electron chi connectivity index (χ4n) is 3.80. The molecule has 2 aliphatic rings. The fraction of sp³-hybridized carbons (Fsp3) is 0.650. The molecule has 5 nitrogen and oxygen atoms in total. The third kappa shape index (κ3) is 5.53. The summed E-state index contributed by atoms with van der Waals surface area (Å²) in [6, 6.07) is 8.96. The Hall–Kier alpha value is -1.43. The lowest BCUT2D eigenvalue weighted by Gasteiger charge is -2.29. The lowest BCUT2D eigenvalue weighted by molar-refractivity contribution is -0.126. The number of piperidine rings is 2. The maximum atomic E-state index is 12.3. The third-order valence-corrected chi connectivity index (χ3v) is 5.45. The molecule has 2 saturated heterocycles. The average molecular weight is 345 g/mol. The van der Waals surface area contributed by atoms with Crippen molar-refractivity contribution in [2.75, 3.05) is 19.6 Å². The number of nitrogens with one attached hydrogen (secondary N) is 2. The van der Waals surface area contributed by atoms with Crippen LogP contribution in [0, 0.1) is 5.92 Å². The smallest absolute Gasteiger partial charge is 0.223 e. The molecule has 1 amide bonds. The number of aliphatic hydroxyl groups is 1. The predicted octanol–water partition coefficient (Wildman–Crippen LogP) is 1.65. The number of carbonyl (C=O) groups is 1. The van der Waals surface area contributed by atoms with Crippen LogP contribution < -0.4 is 10.6 Å². The second kappa shape index (κ2) is 8.79. The van der Waals surface area contributed by atoms with Crippen LogP contribution in [0.3, 0.4) is 0 Å². The second-order valence-electron chi connectivity index (χ2n) is 7.62. The van der Waals surface area contributed by atoms with Gasteiger partial charge < -0.3 is 15.7 Å². The molecule has 1 aromatic rings. The van der Waals surface area contributed by atoms with Gasteiger partial charge in [-0.05, 0) is 50.3 Å². The standard InChI is InChI=1S/C20H31N3O2/c1-15-12-18(6-9-21-15)20(25)22-13-16-2-4-17(5-3-16)14-23-10-7-19(24)8-11-23/h2-5,15,18-19,21,24H,6-14H2,1H3,(H,22,25)/t15-,18-/m0/s1. The Morgan fingerprint density at radius 3 is 2.56 bits per heavy atom. The Balaban J connectivity index is 1.43. The highest BCUT2D eigenvalue weighted by Crippen LogP contribution is 2.17. The van der Waals surface area contributed by atoms with Gasteiger partial charge in [0.25, 0.3) is 0 Å². The zero-order chi connectivity index (χ0) is 17.6. The van der Waals surface area contributed by atoms with E-state index < -0.39 is 0 Å². The second-order valence-corrected chi connectivity index (χ2v) is 7.62. The molecule has 2 fully saturated rings. The van der Waals surface area contributed by atoms with E-state index in [0.29, 0.717) is 12.6 Å². The summed E-state index contributed by atoms with van der Waals surface area (Å²) >= 11 is 0. The van der Waals surface area contributed by atoms with Gasteiger partial charge in [-0.2, -0.15) is 0 Å². The molecule has 5 heteroatoms. The number of nitrogens with zero attached hydrogens (tertiary/aromatic N) is 1. The Kier molecular flexibility index (Phi) is 6.45. The van der Waals surface area contributed by atoms with E-state index >= 15 is 0 Å². The number of likely N-dealkylation sites (tertiary alicyclic amines) is 1. The van der Waals surface area contributed by atoms with Gasteiger partial charge in [-0.15, -0.1) is 0 Å². The Morgan fingerprint density at radius 2 is 1.88 bits per heavy atom. The molecule has 3 rings (SSSR count). The van der Waals surface area contributed by atoms with Gasteiger partial charge in [0.05, 0.1) is 6.10 Å². The lowest BCUT2D eigenvalue weighted by Crippen LogP contribution is -2.42. The molecule has 3 N–H and O–H groups in total. The summed E-state index contributed by atoms with van der Waals surface area (Å²) in [5.41, 5.74) is 2.44. The van der Waals surface area contributed by atoms with Gasteiger partial charge >= 0.3 is 0 Å². The maximum absolute atomic E-state index is 12.3. The first-order valence-electron chi connectivity index (χ1n) is 9.59. The van der Waals surface area contributed by atoms with E-state index in [-0.39, 0.29) is 17.9 Å². The van der Waals surface area contributed by atoms with E-state index in [1.54, 1.807) is 0 Å². The summed E-state index contributed by atoms with van der Waals surface area (Å²) in [4.78, 5) is 14.7. The van der Waals surface area contributed by atoms with Crippen LogP contribution in [0.4, 0.5) is 0 Å². The van der Waals surface area contributed by atoms with Crippen molar-refractivity contribution in [1.29, 1.82) is 0 Å². The number of carbonyl (C=O) groups excluding carboxylic acids is 1. The van der Waals surface area contributed by atoms with E-state index in [2.05, 4.69) is 46.7 Å². The van der Waals surface area contributed by atoms with Crippen molar-refractivity contribution in [3.63, 3.8) is 0 Å². The molecule has 0 aromatic heterocycles. The van der Waals surface area contributed by atoms with Crippen molar-refractivity contribution < 1.29 is 9.90 Å². The summed E-state index contributed by atoms with van der Waals surface area (Å²) < 4.78 is 0. The average Bonchev–Trinajstić information content (AvgIpc) is 2.63. The highest BCUT2D eigenvalue weighted by Gasteiger charge is 2.24. The maximum Gasteiger partial charge on any atom is 0.223 e. The molecule has 1 aromatic carbocycles. The van der Waals surface area contributed by atoms with Crippen molar-refractivity contribution in [3.05, 3.63) is 35.4 Å². The molecule has 0 bridgehead atoms. The monoisotopic (exact) mass is 345 g/mol. The SMILES string of the molecule is C[C@H]1C[C@@H](C(=O)NCc2ccc(CN3CCC(O)CC3)cc2)CCN1. The first-order valence-corrected chi connectivity index (χ1v) is 9.59. The van der Waals surface area contributed by atoms with Gasteiger partial charge in [-0.1, -0.05) is 24.3 Å². The number of hydrogen-bond acceptors (Lipinski definition) is 4. The minimum atomic E-state index is -0.120. The third-order valence-electron chi connectivity index (χ3n) is 5.45. The van der Waals surface area contributed by atoms with Crippen LogP contribution in [-0.2, 0) is 17.9 Å². The zero-order valence-corrected chi connectivity index (χ0v) is 15.2. The molecular weight excluding hydrogens is 314 g/mol. The van der Waals surface area contributed by atoms with Crippen LogP contribution in [0.5, 0.6) is 0 Å². The van der Waals surface area contributed by atoms with Crippen LogP contribution in [0.1, 0.15) is 43.7 Å². The minimum absolute atomic E-state index is 0.120. The quantitative estimate of drug-likeness (QED) is 0.759. The topological polar surface area (TPSA) is 64.6 Å². The zero-order valence-electron chi connectivity index (χ0n) is 15.2. The van der Waals surface area contributed by atoms with Gasteiger partial charge in [-0.3, -0.25) is 9.69 Å². The van der Waals surface area contributed by atoms with Gasteiger partial charge in [0.1, 0.15) is 0 Å². The molecule has 0 spiro atoms. The first kappa shape index (κ1) is 18.4. The van der Waals surface area contributed by atoms with Gasteiger partial charge in [0.15, 0.2) is 0 Å². The molecule has 138 valence electrons. The van der Waals surface area contributed by atoms with Gasteiger partial charge in [-0.25, -0.2) is 0 Å². The molecule has 2 atom stereocenters. The van der Waals surface area contributed by atoms with Crippen LogP contribution >= 0.6 is 0 Å². The lowest BCUT2D eigenvalue weighted by atomic mass is 9.92. The number of hydrogen-bond donors (Lipinski definition) is 3. The molecule has 2 aliphatic heterocycles. The van der Waals surface area contributed by atoms with Crippen molar-refractivity contribution in [1.82, 2.24) is 15.5 Å². The molecule has 0 saturated carbocycles. The number of rotatable bonds is 5. The Labute approximate surface area is 150 Å². The summed E-state index contributed by atoms with van der Waals surface area (Å²) in [5, 5.41) is 16.1. The number of amides is 1. The molecular formula is C20H31N3O2. The van der Waals surface area contributed by atoms with E-state index in [4.69, 9.17) is 0 Å². The summed E-state index contributed by atoms with van der Waals surface area (Å²) in [7, 11) is 0. The molecule has 0 radical (unpaired) electrons. The molecule has 2 heterocycles. The largest absolute Gasteiger partial charge is 0.393 e. The first-order chi connectivity index (χ1) is 12.1. The Morgan fingerprint density at radius 1 is 1.20 bits per heavy atom. The van der Waals surface area contributed by atoms with Gasteiger partial charge in [0.2, 0.25) is 5.91 Å². The number of aliphatic hydroxyl groups excluding tert-OH is 1. The summed E-state index contributed by atoms with van der Waals surface area (Å²) in [6.45, 7) is 6.55. The summed E-state index contributed by atoms with van der Waals surface area (Å²) in [5.74, 6) is 0.328. The molecule has 25 heavy (non-hydrogen) atoms. The van der Waals surface area contributed by atoms with Crippen molar-refractivity contribution >= 4 is 5.91 Å². The van der Waals surface area contributed by atoms with Gasteiger partial charge in [0, 0.05) is 38.1 Å². The van der Waals surface area contributed by atoms with Crippen LogP contribution in [0.2, 0.25) is 0 Å². The van der Waals surface area contributed by atoms with Crippen molar-refractivity contribution in [2.24, 2.45) is 5.92 Å². The molecule has 0 aliphatic carbocycles. The Bertz CT molecular complexity index is 553. The fourth-order valence-corrected chi connectivity index (χ4v) is 3.80. The normalized spacial score (nSPS) is 25.7.